The van der Waals surface area contributed by atoms with Crippen LogP contribution in [0.4, 0.5) is 8.78 Å². The maximum Gasteiger partial charge on any atom is 0.537 e. The Labute approximate surface area is 142 Å². The van der Waals surface area contributed by atoms with Gasteiger partial charge in [-0.05, 0) is 44.0 Å². The fourth-order valence-electron chi connectivity index (χ4n) is 2.53. The van der Waals surface area contributed by atoms with E-state index in [4.69, 9.17) is 13.3 Å². The maximum absolute atomic E-state index is 13.4. The molecule has 0 bridgehead atoms. The Balaban J connectivity index is 2.37. The summed E-state index contributed by atoms with van der Waals surface area (Å²) in [6.07, 6.45) is 0. The van der Waals surface area contributed by atoms with Crippen LogP contribution in [0, 0.1) is 11.6 Å². The molecule has 0 atom stereocenters. The third-order valence-electron chi connectivity index (χ3n) is 3.44. The molecule has 130 valence electrons. The van der Waals surface area contributed by atoms with E-state index in [1.54, 1.807) is 12.1 Å². The van der Waals surface area contributed by atoms with Crippen LogP contribution in [0.1, 0.15) is 20.8 Å². The lowest BCUT2D eigenvalue weighted by Crippen LogP contribution is -2.56. The van der Waals surface area contributed by atoms with E-state index in [1.165, 1.54) is 12.1 Å². The lowest BCUT2D eigenvalue weighted by molar-refractivity contribution is 0.0859. The van der Waals surface area contributed by atoms with E-state index in [0.29, 0.717) is 30.9 Å². The topological polar surface area (TPSA) is 27.7 Å². The number of benzene rings is 2. The van der Waals surface area contributed by atoms with Gasteiger partial charge in [0, 0.05) is 31.1 Å². The molecule has 0 spiro atoms. The third kappa shape index (κ3) is 4.27. The van der Waals surface area contributed by atoms with Crippen LogP contribution in [0.25, 0.3) is 11.1 Å². The van der Waals surface area contributed by atoms with Gasteiger partial charge in [0.2, 0.25) is 0 Å². The van der Waals surface area contributed by atoms with Crippen molar-refractivity contribution in [2.24, 2.45) is 0 Å². The van der Waals surface area contributed by atoms with Gasteiger partial charge in [-0.1, -0.05) is 24.3 Å². The van der Waals surface area contributed by atoms with Gasteiger partial charge in [-0.2, -0.15) is 0 Å². The second-order valence-corrected chi connectivity index (χ2v) is 7.65. The Bertz CT molecular complexity index is 625. The second-order valence-electron chi connectivity index (χ2n) is 5.09. The standard InChI is InChI=1S/C18H22F2O3Si/c1-4-21-24(22-5-2,23-6-3)18-9-7-14(8-10-18)15-11-16(19)13-17(20)12-15/h7-13H,4-6H2,1-3H3. The molecule has 0 radical (unpaired) electrons. The van der Waals surface area contributed by atoms with E-state index >= 15 is 0 Å². The van der Waals surface area contributed by atoms with Crippen molar-refractivity contribution in [3.63, 3.8) is 0 Å². The minimum atomic E-state index is -2.97. The molecule has 2 rings (SSSR count). The Morgan fingerprint density at radius 3 is 1.58 bits per heavy atom. The summed E-state index contributed by atoms with van der Waals surface area (Å²) in [4.78, 5) is 0. The fourth-order valence-corrected chi connectivity index (χ4v) is 5.00. The molecule has 0 aliphatic rings. The van der Waals surface area contributed by atoms with E-state index in [9.17, 15) is 8.78 Å². The minimum absolute atomic E-state index is 0.475. The molecule has 0 aromatic heterocycles. The van der Waals surface area contributed by atoms with E-state index in [0.717, 1.165) is 11.3 Å². The van der Waals surface area contributed by atoms with Crippen molar-refractivity contribution in [2.45, 2.75) is 20.8 Å². The van der Waals surface area contributed by atoms with Crippen molar-refractivity contribution < 1.29 is 22.1 Å². The maximum atomic E-state index is 13.4. The van der Waals surface area contributed by atoms with Crippen molar-refractivity contribution in [3.8, 4) is 11.1 Å². The number of hydrogen-bond donors (Lipinski definition) is 0. The van der Waals surface area contributed by atoms with Gasteiger partial charge < -0.3 is 13.3 Å². The minimum Gasteiger partial charge on any atom is -0.370 e. The molecule has 0 N–H and O–H groups in total. The van der Waals surface area contributed by atoms with E-state index in [2.05, 4.69) is 0 Å². The molecular weight excluding hydrogens is 330 g/mol. The van der Waals surface area contributed by atoms with E-state index < -0.39 is 20.4 Å². The first-order chi connectivity index (χ1) is 11.5. The fraction of sp³-hybridized carbons (Fsp3) is 0.333. The second kappa shape index (κ2) is 8.48. The zero-order chi connectivity index (χ0) is 17.6. The molecule has 24 heavy (non-hydrogen) atoms. The first kappa shape index (κ1) is 18.7. The molecule has 0 saturated heterocycles. The molecule has 2 aromatic rings. The van der Waals surface area contributed by atoms with Gasteiger partial charge in [0.25, 0.3) is 0 Å². The molecular formula is C18H22F2O3Si. The smallest absolute Gasteiger partial charge is 0.370 e. The van der Waals surface area contributed by atoms with Crippen LogP contribution in [0.5, 0.6) is 0 Å². The van der Waals surface area contributed by atoms with Crippen LogP contribution < -0.4 is 5.19 Å². The monoisotopic (exact) mass is 352 g/mol. The number of rotatable bonds is 8. The largest absolute Gasteiger partial charge is 0.537 e. The quantitative estimate of drug-likeness (QED) is 0.675. The summed E-state index contributed by atoms with van der Waals surface area (Å²) in [5, 5.41) is 0.827. The summed E-state index contributed by atoms with van der Waals surface area (Å²) in [6, 6.07) is 10.7. The summed E-state index contributed by atoms with van der Waals surface area (Å²) in [5.74, 6) is -1.20. The lowest BCUT2D eigenvalue weighted by atomic mass is 10.1. The highest BCUT2D eigenvalue weighted by molar-refractivity contribution is 6.75. The summed E-state index contributed by atoms with van der Waals surface area (Å²) < 4.78 is 44.3. The molecule has 0 unspecified atom stereocenters. The Morgan fingerprint density at radius 1 is 0.708 bits per heavy atom. The van der Waals surface area contributed by atoms with Crippen molar-refractivity contribution in [3.05, 3.63) is 54.1 Å². The zero-order valence-corrected chi connectivity index (χ0v) is 15.1. The van der Waals surface area contributed by atoms with Crippen LogP contribution in [0.2, 0.25) is 0 Å². The number of hydrogen-bond acceptors (Lipinski definition) is 3. The predicted octanol–water partition coefficient (Wildman–Crippen LogP) is 3.89. The van der Waals surface area contributed by atoms with Gasteiger partial charge in [0.1, 0.15) is 11.6 Å². The zero-order valence-electron chi connectivity index (χ0n) is 14.1. The summed E-state index contributed by atoms with van der Waals surface area (Å²) in [5.41, 5.74) is 1.19. The normalized spacial score (nSPS) is 11.7. The molecule has 3 nitrogen and oxygen atoms in total. The summed E-state index contributed by atoms with van der Waals surface area (Å²) in [6.45, 7) is 7.10. The highest BCUT2D eigenvalue weighted by Gasteiger charge is 2.43. The van der Waals surface area contributed by atoms with Crippen molar-refractivity contribution in [2.75, 3.05) is 19.8 Å². The summed E-state index contributed by atoms with van der Waals surface area (Å²) >= 11 is 0. The molecule has 0 heterocycles. The van der Waals surface area contributed by atoms with Crippen molar-refractivity contribution in [1.29, 1.82) is 0 Å². The van der Waals surface area contributed by atoms with Crippen LogP contribution in [0.3, 0.4) is 0 Å². The molecule has 0 amide bonds. The van der Waals surface area contributed by atoms with E-state index in [1.807, 2.05) is 32.9 Å². The van der Waals surface area contributed by atoms with E-state index in [-0.39, 0.29) is 0 Å². The molecule has 0 fully saturated rings. The van der Waals surface area contributed by atoms with Crippen molar-refractivity contribution >= 4 is 14.0 Å². The molecule has 0 aliphatic carbocycles. The first-order valence-electron chi connectivity index (χ1n) is 8.03. The first-order valence-corrected chi connectivity index (χ1v) is 9.76. The molecule has 0 saturated carbocycles. The summed E-state index contributed by atoms with van der Waals surface area (Å²) in [7, 11) is -2.97. The number of halogens is 2. The van der Waals surface area contributed by atoms with Crippen LogP contribution in [0.15, 0.2) is 42.5 Å². The average molecular weight is 352 g/mol. The molecule has 2 aromatic carbocycles. The predicted molar refractivity (Wildman–Crippen MR) is 92.1 cm³/mol. The highest BCUT2D eigenvalue weighted by atomic mass is 28.4. The third-order valence-corrected chi connectivity index (χ3v) is 6.48. The van der Waals surface area contributed by atoms with Crippen LogP contribution in [-0.4, -0.2) is 28.6 Å². The SMILES string of the molecule is CCO[Si](OCC)(OCC)c1ccc(-c2cc(F)cc(F)c2)cc1. The van der Waals surface area contributed by atoms with Crippen LogP contribution in [-0.2, 0) is 13.3 Å². The molecule has 0 aliphatic heterocycles. The Hall–Kier alpha value is -1.60. The van der Waals surface area contributed by atoms with Crippen molar-refractivity contribution in [1.82, 2.24) is 0 Å². The lowest BCUT2D eigenvalue weighted by Gasteiger charge is -2.28. The average Bonchev–Trinajstić information content (AvgIpc) is 2.55. The van der Waals surface area contributed by atoms with Gasteiger partial charge >= 0.3 is 8.80 Å². The van der Waals surface area contributed by atoms with Gasteiger partial charge in [0.15, 0.2) is 0 Å². The Morgan fingerprint density at radius 2 is 1.17 bits per heavy atom. The molecule has 6 heteroatoms. The van der Waals surface area contributed by atoms with Gasteiger partial charge in [0.05, 0.1) is 0 Å². The van der Waals surface area contributed by atoms with Gasteiger partial charge in [-0.25, -0.2) is 8.78 Å². The van der Waals surface area contributed by atoms with Crippen LogP contribution >= 0.6 is 0 Å². The van der Waals surface area contributed by atoms with Gasteiger partial charge in [-0.3, -0.25) is 0 Å². The van der Waals surface area contributed by atoms with Gasteiger partial charge in [-0.15, -0.1) is 0 Å². The Kier molecular flexibility index (Phi) is 6.62. The highest BCUT2D eigenvalue weighted by Crippen LogP contribution is 2.22.